The minimum absolute atomic E-state index is 0.452. The maximum absolute atomic E-state index is 7.49. The Morgan fingerprint density at radius 2 is 1.80 bits per heavy atom. The molecule has 1 aromatic heterocycles. The first-order valence-electron chi connectivity index (χ1n) is 6.94. The van der Waals surface area contributed by atoms with E-state index < -0.39 is 0 Å². The lowest BCUT2D eigenvalue weighted by Crippen LogP contribution is -2.54. The van der Waals surface area contributed by atoms with Gasteiger partial charge in [-0.15, -0.1) is 0 Å². The summed E-state index contributed by atoms with van der Waals surface area (Å²) in [5, 5.41) is 11.0. The van der Waals surface area contributed by atoms with Gasteiger partial charge in [0.2, 0.25) is 0 Å². The molecule has 1 aliphatic rings. The summed E-state index contributed by atoms with van der Waals surface area (Å²) >= 11 is 0. The third-order valence-corrected chi connectivity index (χ3v) is 3.69. The number of fused-ring (bicyclic) bond motifs is 1. The topological polar surface area (TPSA) is 64.9 Å². The number of aromatic nitrogens is 2. The van der Waals surface area contributed by atoms with E-state index in [1.165, 1.54) is 6.21 Å². The van der Waals surface area contributed by atoms with E-state index in [1.807, 2.05) is 6.07 Å². The first kappa shape index (κ1) is 13.0. The highest BCUT2D eigenvalue weighted by Crippen LogP contribution is 2.27. The average Bonchev–Trinajstić information content (AvgIpc) is 2.45. The monoisotopic (exact) mass is 269 g/mol. The predicted octanol–water partition coefficient (Wildman–Crippen LogP) is 1.81. The first-order valence-corrected chi connectivity index (χ1v) is 6.94. The van der Waals surface area contributed by atoms with Crippen molar-refractivity contribution in [3.63, 3.8) is 0 Å². The molecule has 0 saturated carbocycles. The number of nitrogens with zero attached hydrogens (tertiary/aromatic N) is 3. The second-order valence-electron chi connectivity index (χ2n) is 5.45. The van der Waals surface area contributed by atoms with Crippen molar-refractivity contribution in [2.75, 3.05) is 18.0 Å². The van der Waals surface area contributed by atoms with Crippen molar-refractivity contribution in [1.29, 1.82) is 5.41 Å². The zero-order chi connectivity index (χ0) is 14.1. The number of piperazine rings is 1. The van der Waals surface area contributed by atoms with Crippen LogP contribution in [-0.2, 0) is 0 Å². The molecular formula is C15H19N5. The number of hydrogen-bond acceptors (Lipinski definition) is 5. The van der Waals surface area contributed by atoms with E-state index in [2.05, 4.69) is 40.1 Å². The van der Waals surface area contributed by atoms with Crippen LogP contribution in [0.2, 0.25) is 0 Å². The Labute approximate surface area is 118 Å². The highest BCUT2D eigenvalue weighted by molar-refractivity contribution is 6.00. The van der Waals surface area contributed by atoms with E-state index in [9.17, 15) is 0 Å². The van der Waals surface area contributed by atoms with Gasteiger partial charge in [0.25, 0.3) is 0 Å². The SMILES string of the molecule is CC1CN(c2ccc(C=N)c3nccnc23)CC(C)N1. The number of hydrogen-bond donors (Lipinski definition) is 2. The van der Waals surface area contributed by atoms with Crippen molar-refractivity contribution in [1.82, 2.24) is 15.3 Å². The van der Waals surface area contributed by atoms with E-state index in [-0.39, 0.29) is 0 Å². The third kappa shape index (κ3) is 2.25. The van der Waals surface area contributed by atoms with Gasteiger partial charge in [-0.2, -0.15) is 0 Å². The number of rotatable bonds is 2. The Morgan fingerprint density at radius 3 is 2.45 bits per heavy atom. The number of anilines is 1. The van der Waals surface area contributed by atoms with Gasteiger partial charge in [0.05, 0.1) is 11.2 Å². The van der Waals surface area contributed by atoms with Gasteiger partial charge in [-0.05, 0) is 26.0 Å². The molecular weight excluding hydrogens is 250 g/mol. The van der Waals surface area contributed by atoms with E-state index in [0.29, 0.717) is 12.1 Å². The molecule has 1 aromatic carbocycles. The Balaban J connectivity index is 2.10. The molecule has 104 valence electrons. The van der Waals surface area contributed by atoms with Crippen molar-refractivity contribution < 1.29 is 0 Å². The molecule has 0 amide bonds. The van der Waals surface area contributed by atoms with Gasteiger partial charge in [-0.1, -0.05) is 0 Å². The Morgan fingerprint density at radius 1 is 1.15 bits per heavy atom. The lowest BCUT2D eigenvalue weighted by Gasteiger charge is -2.37. The molecule has 20 heavy (non-hydrogen) atoms. The maximum Gasteiger partial charge on any atom is 0.113 e. The molecule has 2 aromatic rings. The minimum Gasteiger partial charge on any atom is -0.367 e. The molecule has 0 bridgehead atoms. The van der Waals surface area contributed by atoms with Crippen LogP contribution in [0.25, 0.3) is 11.0 Å². The summed E-state index contributed by atoms with van der Waals surface area (Å²) in [5.41, 5.74) is 3.61. The molecule has 1 fully saturated rings. The van der Waals surface area contributed by atoms with Crippen molar-refractivity contribution >= 4 is 22.9 Å². The van der Waals surface area contributed by atoms with Gasteiger partial charge >= 0.3 is 0 Å². The van der Waals surface area contributed by atoms with E-state index in [4.69, 9.17) is 5.41 Å². The second kappa shape index (κ2) is 5.17. The normalized spacial score (nSPS) is 23.0. The summed E-state index contributed by atoms with van der Waals surface area (Å²) in [6.07, 6.45) is 4.74. The van der Waals surface area contributed by atoms with Crippen molar-refractivity contribution in [2.24, 2.45) is 0 Å². The second-order valence-corrected chi connectivity index (χ2v) is 5.45. The lowest BCUT2D eigenvalue weighted by atomic mass is 10.1. The lowest BCUT2D eigenvalue weighted by molar-refractivity contribution is 0.407. The number of benzene rings is 1. The standard InChI is InChI=1S/C15H19N5/c1-10-8-20(9-11(2)19-10)13-4-3-12(7-16)14-15(13)18-6-5-17-14/h3-7,10-11,16,19H,8-9H2,1-2H3. The highest BCUT2D eigenvalue weighted by Gasteiger charge is 2.23. The molecule has 2 atom stereocenters. The van der Waals surface area contributed by atoms with Gasteiger partial charge in [-0.25, -0.2) is 0 Å². The summed E-state index contributed by atoms with van der Waals surface area (Å²) < 4.78 is 0. The molecule has 1 aliphatic heterocycles. The summed E-state index contributed by atoms with van der Waals surface area (Å²) in [7, 11) is 0. The van der Waals surface area contributed by atoms with Crippen LogP contribution in [-0.4, -0.2) is 41.4 Å². The zero-order valence-electron chi connectivity index (χ0n) is 11.8. The van der Waals surface area contributed by atoms with Gasteiger partial charge in [-0.3, -0.25) is 9.97 Å². The Bertz CT molecular complexity index is 629. The molecule has 0 aliphatic carbocycles. The molecule has 1 saturated heterocycles. The van der Waals surface area contributed by atoms with Crippen LogP contribution >= 0.6 is 0 Å². The molecule has 0 radical (unpaired) electrons. The third-order valence-electron chi connectivity index (χ3n) is 3.69. The summed E-state index contributed by atoms with van der Waals surface area (Å²) in [4.78, 5) is 11.2. The maximum atomic E-state index is 7.49. The van der Waals surface area contributed by atoms with Crippen LogP contribution in [0, 0.1) is 5.41 Å². The van der Waals surface area contributed by atoms with Crippen molar-refractivity contribution in [3.8, 4) is 0 Å². The summed E-state index contributed by atoms with van der Waals surface area (Å²) in [5.74, 6) is 0. The Hall–Kier alpha value is -2.01. The summed E-state index contributed by atoms with van der Waals surface area (Å²) in [6.45, 7) is 6.31. The quantitative estimate of drug-likeness (QED) is 0.816. The zero-order valence-corrected chi connectivity index (χ0v) is 11.8. The van der Waals surface area contributed by atoms with Crippen molar-refractivity contribution in [3.05, 3.63) is 30.1 Å². The number of nitrogens with one attached hydrogen (secondary N) is 2. The van der Waals surface area contributed by atoms with Crippen LogP contribution in [0.4, 0.5) is 5.69 Å². The van der Waals surface area contributed by atoms with Crippen LogP contribution in [0.1, 0.15) is 19.4 Å². The van der Waals surface area contributed by atoms with Crippen LogP contribution < -0.4 is 10.2 Å². The summed E-state index contributed by atoms with van der Waals surface area (Å²) in [6, 6.07) is 4.92. The van der Waals surface area contributed by atoms with Gasteiger partial charge < -0.3 is 15.6 Å². The largest absolute Gasteiger partial charge is 0.367 e. The predicted molar refractivity (Wildman–Crippen MR) is 81.7 cm³/mol. The molecule has 2 unspecified atom stereocenters. The first-order chi connectivity index (χ1) is 9.69. The van der Waals surface area contributed by atoms with Gasteiger partial charge in [0.15, 0.2) is 0 Å². The molecule has 2 N–H and O–H groups in total. The fourth-order valence-corrected chi connectivity index (χ4v) is 2.96. The fraction of sp³-hybridized carbons (Fsp3) is 0.400. The Kier molecular flexibility index (Phi) is 3.36. The average molecular weight is 269 g/mol. The fourth-order valence-electron chi connectivity index (χ4n) is 2.96. The molecule has 5 nitrogen and oxygen atoms in total. The molecule has 5 heteroatoms. The molecule has 3 rings (SSSR count). The van der Waals surface area contributed by atoms with Crippen molar-refractivity contribution in [2.45, 2.75) is 25.9 Å². The highest BCUT2D eigenvalue weighted by atomic mass is 15.2. The smallest absolute Gasteiger partial charge is 0.113 e. The molecule has 0 spiro atoms. The minimum atomic E-state index is 0.452. The van der Waals surface area contributed by atoms with Gasteiger partial charge in [0.1, 0.15) is 5.52 Å². The van der Waals surface area contributed by atoms with E-state index >= 15 is 0 Å². The van der Waals surface area contributed by atoms with E-state index in [1.54, 1.807) is 12.4 Å². The van der Waals surface area contributed by atoms with Gasteiger partial charge in [0, 0.05) is 49.3 Å². The molecule has 2 heterocycles. The van der Waals surface area contributed by atoms with Crippen LogP contribution in [0.5, 0.6) is 0 Å². The van der Waals surface area contributed by atoms with E-state index in [0.717, 1.165) is 35.4 Å². The van der Waals surface area contributed by atoms with Crippen LogP contribution in [0.15, 0.2) is 24.5 Å². The van der Waals surface area contributed by atoms with Crippen LogP contribution in [0.3, 0.4) is 0 Å².